The molecular formula is C23H25NO4. The van der Waals surface area contributed by atoms with Gasteiger partial charge in [0.15, 0.2) is 0 Å². The van der Waals surface area contributed by atoms with E-state index < -0.39 is 28.5 Å². The molecular weight excluding hydrogens is 354 g/mol. The summed E-state index contributed by atoms with van der Waals surface area (Å²) in [6.45, 7) is 3.48. The highest BCUT2D eigenvalue weighted by Gasteiger charge is 2.68. The first-order valence-corrected chi connectivity index (χ1v) is 9.90. The van der Waals surface area contributed by atoms with Crippen LogP contribution in [0.2, 0.25) is 0 Å². The number of carboxylic acid groups (broad SMARTS) is 1. The van der Waals surface area contributed by atoms with E-state index in [0.29, 0.717) is 25.7 Å². The number of fused-ring (bicyclic) bond motifs is 6. The summed E-state index contributed by atoms with van der Waals surface area (Å²) in [4.78, 5) is 15.7. The van der Waals surface area contributed by atoms with E-state index in [0.717, 1.165) is 32.9 Å². The molecule has 0 aliphatic heterocycles. The quantitative estimate of drug-likeness (QED) is 0.521. The fourth-order valence-corrected chi connectivity index (χ4v) is 5.96. The number of hydrogen-bond acceptors (Lipinski definition) is 3. The maximum atomic E-state index is 12.2. The number of rotatable bonds is 1. The first-order valence-electron chi connectivity index (χ1n) is 9.90. The largest absolute Gasteiger partial charge is 0.481 e. The van der Waals surface area contributed by atoms with Crippen LogP contribution >= 0.6 is 0 Å². The van der Waals surface area contributed by atoms with Gasteiger partial charge < -0.3 is 20.3 Å². The van der Waals surface area contributed by atoms with E-state index >= 15 is 0 Å². The molecule has 0 spiro atoms. The van der Waals surface area contributed by atoms with Gasteiger partial charge in [-0.05, 0) is 61.9 Å². The molecule has 5 heteroatoms. The number of aliphatic hydroxyl groups excluding tert-OH is 1. The van der Waals surface area contributed by atoms with Crippen LogP contribution in [0.25, 0.3) is 21.8 Å². The van der Waals surface area contributed by atoms with Gasteiger partial charge in [0.1, 0.15) is 5.41 Å². The summed E-state index contributed by atoms with van der Waals surface area (Å²) in [6, 6.07) is 12.4. The summed E-state index contributed by atoms with van der Waals surface area (Å²) >= 11 is 0. The van der Waals surface area contributed by atoms with Gasteiger partial charge in [-0.25, -0.2) is 0 Å². The molecule has 1 heterocycles. The van der Waals surface area contributed by atoms with Crippen LogP contribution in [0, 0.1) is 5.41 Å². The molecule has 5 nitrogen and oxygen atoms in total. The monoisotopic (exact) mass is 379 g/mol. The Hall–Kier alpha value is -2.37. The second-order valence-corrected chi connectivity index (χ2v) is 8.98. The molecule has 0 saturated heterocycles. The number of aryl methyl sites for hydroxylation is 1. The first kappa shape index (κ1) is 17.7. The standard InChI is InChI=1S/C23H25NO4/c1-21-9-8-19(25)22(2,20(26)27)23(21,28)10-7-13-11-18-15(12-16(13)21)14-5-3-4-6-17(14)24-18/h3-6,11-12,19,24-25,28H,7-10H2,1-2H3,(H,26,27)/t19-,21+,22-,23-/m1/s1. The summed E-state index contributed by atoms with van der Waals surface area (Å²) in [5.41, 5.74) is 0.427. The smallest absolute Gasteiger partial charge is 0.314 e. The number of nitrogens with one attached hydrogen (secondary N) is 1. The molecule has 2 aromatic carbocycles. The van der Waals surface area contributed by atoms with Crippen LogP contribution in [0.5, 0.6) is 0 Å². The van der Waals surface area contributed by atoms with Gasteiger partial charge in [-0.3, -0.25) is 4.79 Å². The Morgan fingerprint density at radius 2 is 1.86 bits per heavy atom. The normalized spacial score (nSPS) is 34.9. The Kier molecular flexibility index (Phi) is 3.39. The fraction of sp³-hybridized carbons (Fsp3) is 0.435. The van der Waals surface area contributed by atoms with Crippen LogP contribution in [-0.2, 0) is 16.6 Å². The number of benzene rings is 2. The Balaban J connectivity index is 1.79. The lowest BCUT2D eigenvalue weighted by Crippen LogP contribution is -2.71. The average molecular weight is 379 g/mol. The number of aromatic amines is 1. The van der Waals surface area contributed by atoms with E-state index in [-0.39, 0.29) is 0 Å². The van der Waals surface area contributed by atoms with Crippen molar-refractivity contribution in [3.05, 3.63) is 47.5 Å². The van der Waals surface area contributed by atoms with E-state index in [9.17, 15) is 20.1 Å². The Morgan fingerprint density at radius 3 is 2.61 bits per heavy atom. The molecule has 2 aliphatic carbocycles. The van der Waals surface area contributed by atoms with Crippen molar-refractivity contribution in [2.45, 2.75) is 56.7 Å². The summed E-state index contributed by atoms with van der Waals surface area (Å²) in [5.74, 6) is -1.13. The van der Waals surface area contributed by atoms with Gasteiger partial charge in [-0.1, -0.05) is 25.1 Å². The van der Waals surface area contributed by atoms with Crippen molar-refractivity contribution >= 4 is 27.8 Å². The molecule has 28 heavy (non-hydrogen) atoms. The van der Waals surface area contributed by atoms with Crippen molar-refractivity contribution in [1.29, 1.82) is 0 Å². The highest BCUT2D eigenvalue weighted by atomic mass is 16.4. The van der Waals surface area contributed by atoms with Crippen molar-refractivity contribution in [3.63, 3.8) is 0 Å². The van der Waals surface area contributed by atoms with Crippen molar-refractivity contribution in [2.24, 2.45) is 5.41 Å². The maximum Gasteiger partial charge on any atom is 0.314 e. The van der Waals surface area contributed by atoms with Crippen LogP contribution in [-0.4, -0.2) is 38.0 Å². The third-order valence-corrected chi connectivity index (χ3v) is 7.88. The molecule has 1 saturated carbocycles. The van der Waals surface area contributed by atoms with Crippen LogP contribution in [0.4, 0.5) is 0 Å². The third-order valence-electron chi connectivity index (χ3n) is 7.88. The fourth-order valence-electron chi connectivity index (χ4n) is 5.96. The lowest BCUT2D eigenvalue weighted by molar-refractivity contribution is -0.223. The zero-order valence-electron chi connectivity index (χ0n) is 16.1. The number of carboxylic acids is 1. The molecule has 4 atom stereocenters. The van der Waals surface area contributed by atoms with Gasteiger partial charge in [0.2, 0.25) is 0 Å². The Labute approximate surface area is 163 Å². The maximum absolute atomic E-state index is 12.2. The minimum absolute atomic E-state index is 0.322. The van der Waals surface area contributed by atoms with Crippen molar-refractivity contribution in [1.82, 2.24) is 4.98 Å². The summed E-state index contributed by atoms with van der Waals surface area (Å²) in [5, 5.41) is 34.6. The minimum Gasteiger partial charge on any atom is -0.481 e. The number of para-hydroxylation sites is 1. The lowest BCUT2D eigenvalue weighted by atomic mass is 9.46. The van der Waals surface area contributed by atoms with E-state index in [2.05, 4.69) is 23.2 Å². The summed E-state index contributed by atoms with van der Waals surface area (Å²) < 4.78 is 0. The van der Waals surface area contributed by atoms with Crippen LogP contribution in [0.15, 0.2) is 36.4 Å². The van der Waals surface area contributed by atoms with Crippen LogP contribution in [0.3, 0.4) is 0 Å². The van der Waals surface area contributed by atoms with Gasteiger partial charge in [0.05, 0.1) is 11.7 Å². The minimum atomic E-state index is -1.60. The average Bonchev–Trinajstić information content (AvgIpc) is 3.04. The lowest BCUT2D eigenvalue weighted by Gasteiger charge is -2.61. The molecule has 1 aromatic heterocycles. The predicted octanol–water partition coefficient (Wildman–Crippen LogP) is 3.50. The SMILES string of the molecule is C[C@@]12CC[C@@H](O)[C@](C)(C(=O)O)[C@@]1(O)CCc1cc3[nH]c4ccccc4c3cc12. The highest BCUT2D eigenvalue weighted by molar-refractivity contribution is 6.07. The molecule has 1 fully saturated rings. The topological polar surface area (TPSA) is 93.6 Å². The van der Waals surface area contributed by atoms with Gasteiger partial charge in [-0.2, -0.15) is 0 Å². The van der Waals surface area contributed by atoms with Crippen molar-refractivity contribution in [2.75, 3.05) is 0 Å². The van der Waals surface area contributed by atoms with Gasteiger partial charge >= 0.3 is 5.97 Å². The van der Waals surface area contributed by atoms with Crippen LogP contribution < -0.4 is 0 Å². The van der Waals surface area contributed by atoms with Crippen molar-refractivity contribution in [3.8, 4) is 0 Å². The molecule has 5 rings (SSSR count). The first-order chi connectivity index (χ1) is 13.2. The van der Waals surface area contributed by atoms with E-state index in [4.69, 9.17) is 0 Å². The molecule has 0 amide bonds. The Bertz CT molecular complexity index is 1130. The molecule has 0 radical (unpaired) electrons. The molecule has 146 valence electrons. The number of carbonyl (C=O) groups is 1. The van der Waals surface area contributed by atoms with Crippen LogP contribution in [0.1, 0.15) is 44.2 Å². The van der Waals surface area contributed by atoms with Gasteiger partial charge in [0.25, 0.3) is 0 Å². The van der Waals surface area contributed by atoms with Crippen molar-refractivity contribution < 1.29 is 20.1 Å². The number of aliphatic hydroxyl groups is 2. The third kappa shape index (κ3) is 1.86. The predicted molar refractivity (Wildman–Crippen MR) is 107 cm³/mol. The number of hydrogen-bond donors (Lipinski definition) is 4. The molecule has 4 N–H and O–H groups in total. The van der Waals surface area contributed by atoms with E-state index in [1.165, 1.54) is 6.92 Å². The summed E-state index contributed by atoms with van der Waals surface area (Å²) in [7, 11) is 0. The van der Waals surface area contributed by atoms with Gasteiger partial charge in [0, 0.05) is 27.2 Å². The second kappa shape index (κ2) is 5.37. The van der Waals surface area contributed by atoms with E-state index in [1.807, 2.05) is 25.1 Å². The van der Waals surface area contributed by atoms with E-state index in [1.54, 1.807) is 0 Å². The number of H-pyrrole nitrogens is 1. The molecule has 0 bridgehead atoms. The zero-order chi connectivity index (χ0) is 19.9. The summed E-state index contributed by atoms with van der Waals surface area (Å²) in [6.07, 6.45) is 0.743. The number of aliphatic carboxylic acids is 1. The zero-order valence-corrected chi connectivity index (χ0v) is 16.1. The highest BCUT2D eigenvalue weighted by Crippen LogP contribution is 2.60. The molecule has 2 aliphatic rings. The second-order valence-electron chi connectivity index (χ2n) is 8.98. The Morgan fingerprint density at radius 1 is 1.11 bits per heavy atom. The number of aromatic nitrogens is 1. The van der Waals surface area contributed by atoms with Gasteiger partial charge in [-0.15, -0.1) is 0 Å². The molecule has 3 aromatic rings. The molecule has 0 unspecified atom stereocenters.